The maximum atomic E-state index is 12.1. The molecular weight excluding hydrogens is 344 g/mol. The number of benzene rings is 2. The Hall–Kier alpha value is -2.86. The van der Waals surface area contributed by atoms with Crippen molar-refractivity contribution in [2.45, 2.75) is 13.3 Å². The molecule has 6 nitrogen and oxygen atoms in total. The van der Waals surface area contributed by atoms with Gasteiger partial charge < -0.3 is 15.4 Å². The number of halogens is 1. The maximum absolute atomic E-state index is 12.1. The van der Waals surface area contributed by atoms with Crippen LogP contribution in [0.5, 0.6) is 0 Å². The van der Waals surface area contributed by atoms with Crippen LogP contribution in [0, 0.1) is 0 Å². The van der Waals surface area contributed by atoms with Crippen LogP contribution in [0.3, 0.4) is 0 Å². The molecule has 0 saturated carbocycles. The van der Waals surface area contributed by atoms with Gasteiger partial charge in [0.15, 0.2) is 0 Å². The van der Waals surface area contributed by atoms with Crippen LogP contribution in [0.1, 0.15) is 23.7 Å². The first-order valence-electron chi connectivity index (χ1n) is 7.61. The Balaban J connectivity index is 1.97. The lowest BCUT2D eigenvalue weighted by Gasteiger charge is -2.10. The molecule has 0 spiro atoms. The van der Waals surface area contributed by atoms with Gasteiger partial charge in [0, 0.05) is 10.7 Å². The van der Waals surface area contributed by atoms with Gasteiger partial charge in [-0.15, -0.1) is 0 Å². The van der Waals surface area contributed by atoms with Crippen LogP contribution in [0.25, 0.3) is 0 Å². The minimum atomic E-state index is -0.539. The zero-order valence-corrected chi connectivity index (χ0v) is 14.3. The van der Waals surface area contributed by atoms with E-state index in [0.29, 0.717) is 16.4 Å². The fourth-order valence-corrected chi connectivity index (χ4v) is 2.18. The summed E-state index contributed by atoms with van der Waals surface area (Å²) >= 11 is 5.77. The Morgan fingerprint density at radius 3 is 2.28 bits per heavy atom. The zero-order chi connectivity index (χ0) is 18.2. The van der Waals surface area contributed by atoms with E-state index in [1.807, 2.05) is 0 Å². The molecule has 0 saturated heterocycles. The lowest BCUT2D eigenvalue weighted by molar-refractivity contribution is -0.123. The van der Waals surface area contributed by atoms with Crippen LogP contribution < -0.4 is 10.6 Å². The average Bonchev–Trinajstić information content (AvgIpc) is 2.57. The van der Waals surface area contributed by atoms with Crippen LogP contribution in [-0.4, -0.2) is 24.4 Å². The lowest BCUT2D eigenvalue weighted by atomic mass is 10.1. The van der Waals surface area contributed by atoms with Crippen LogP contribution >= 0.6 is 11.6 Å². The number of carbonyl (C=O) groups excluding carboxylic acids is 3. The molecule has 25 heavy (non-hydrogen) atoms. The smallest absolute Gasteiger partial charge is 0.340 e. The van der Waals surface area contributed by atoms with Crippen LogP contribution in [-0.2, 0) is 14.3 Å². The molecular formula is C18H17ClN2O4. The van der Waals surface area contributed by atoms with Crippen LogP contribution in [0.4, 0.5) is 11.4 Å². The van der Waals surface area contributed by atoms with Crippen molar-refractivity contribution in [3.8, 4) is 0 Å². The van der Waals surface area contributed by atoms with Gasteiger partial charge in [-0.25, -0.2) is 4.79 Å². The molecule has 7 heteroatoms. The molecule has 2 aromatic carbocycles. The normalized spacial score (nSPS) is 10.0. The van der Waals surface area contributed by atoms with Crippen molar-refractivity contribution in [3.05, 3.63) is 59.1 Å². The van der Waals surface area contributed by atoms with E-state index in [0.717, 1.165) is 0 Å². The molecule has 2 N–H and O–H groups in total. The van der Waals surface area contributed by atoms with Crippen LogP contribution in [0.2, 0.25) is 5.02 Å². The van der Waals surface area contributed by atoms with Crippen molar-refractivity contribution in [1.82, 2.24) is 0 Å². The van der Waals surface area contributed by atoms with E-state index < -0.39 is 17.8 Å². The monoisotopic (exact) mass is 360 g/mol. The summed E-state index contributed by atoms with van der Waals surface area (Å²) < 4.78 is 4.94. The van der Waals surface area contributed by atoms with E-state index in [2.05, 4.69) is 10.6 Å². The summed E-state index contributed by atoms with van der Waals surface area (Å²) in [7, 11) is 0. The highest BCUT2D eigenvalue weighted by molar-refractivity contribution is 6.30. The minimum absolute atomic E-state index is 0.227. The second-order valence-electron chi connectivity index (χ2n) is 5.05. The first kappa shape index (κ1) is 18.5. The second-order valence-corrected chi connectivity index (χ2v) is 5.48. The number of anilines is 2. The van der Waals surface area contributed by atoms with E-state index >= 15 is 0 Å². The molecule has 0 fully saturated rings. The van der Waals surface area contributed by atoms with Crippen molar-refractivity contribution < 1.29 is 19.1 Å². The van der Waals surface area contributed by atoms with Gasteiger partial charge in [0.1, 0.15) is 6.42 Å². The summed E-state index contributed by atoms with van der Waals surface area (Å²) in [6.07, 6.45) is -0.389. The average molecular weight is 361 g/mol. The fraction of sp³-hybridized carbons (Fsp3) is 0.167. The van der Waals surface area contributed by atoms with Crippen molar-refractivity contribution in [2.75, 3.05) is 17.2 Å². The number of carbonyl (C=O) groups is 3. The van der Waals surface area contributed by atoms with Gasteiger partial charge in [0.25, 0.3) is 0 Å². The van der Waals surface area contributed by atoms with Crippen molar-refractivity contribution >= 4 is 40.8 Å². The molecule has 0 bridgehead atoms. The predicted molar refractivity (Wildman–Crippen MR) is 95.7 cm³/mol. The third-order valence-electron chi connectivity index (χ3n) is 3.15. The van der Waals surface area contributed by atoms with Gasteiger partial charge in [0.05, 0.1) is 17.9 Å². The summed E-state index contributed by atoms with van der Waals surface area (Å²) in [6, 6.07) is 13.0. The molecule has 130 valence electrons. The van der Waals surface area contributed by atoms with E-state index in [1.54, 1.807) is 55.5 Å². The summed E-state index contributed by atoms with van der Waals surface area (Å²) in [4.78, 5) is 35.9. The van der Waals surface area contributed by atoms with Gasteiger partial charge in [0.2, 0.25) is 11.8 Å². The number of para-hydroxylation sites is 1. The first-order valence-corrected chi connectivity index (χ1v) is 7.99. The van der Waals surface area contributed by atoms with Gasteiger partial charge in [-0.3, -0.25) is 9.59 Å². The third-order valence-corrected chi connectivity index (χ3v) is 3.40. The molecule has 2 aromatic rings. The first-order chi connectivity index (χ1) is 12.0. The zero-order valence-electron chi connectivity index (χ0n) is 13.5. The van der Waals surface area contributed by atoms with Gasteiger partial charge in [-0.2, -0.15) is 0 Å². The van der Waals surface area contributed by atoms with E-state index in [-0.39, 0.29) is 18.6 Å². The largest absolute Gasteiger partial charge is 0.462 e. The Bertz CT molecular complexity index is 775. The van der Waals surface area contributed by atoms with E-state index in [9.17, 15) is 14.4 Å². The highest BCUT2D eigenvalue weighted by Crippen LogP contribution is 2.17. The molecule has 0 radical (unpaired) electrons. The molecule has 2 rings (SSSR count). The summed E-state index contributed by atoms with van der Waals surface area (Å²) in [5.41, 5.74) is 1.06. The fourth-order valence-electron chi connectivity index (χ4n) is 2.06. The molecule has 0 heterocycles. The Morgan fingerprint density at radius 1 is 0.960 bits per heavy atom. The Morgan fingerprint density at radius 2 is 1.60 bits per heavy atom. The maximum Gasteiger partial charge on any atom is 0.340 e. The summed E-state index contributed by atoms with van der Waals surface area (Å²) in [5.74, 6) is -1.55. The Kier molecular flexibility index (Phi) is 6.54. The molecule has 2 amide bonds. The molecule has 0 aromatic heterocycles. The summed E-state index contributed by atoms with van der Waals surface area (Å²) in [5, 5.41) is 5.69. The molecule has 0 aliphatic carbocycles. The standard InChI is InChI=1S/C18H17ClN2O4/c1-2-25-18(24)14-5-3-4-6-15(14)21-17(23)11-16(22)20-13-9-7-12(19)8-10-13/h3-10H,2,11H2,1H3,(H,20,22)(H,21,23). The van der Waals surface area contributed by atoms with Gasteiger partial charge in [-0.05, 0) is 43.3 Å². The third kappa shape index (κ3) is 5.61. The number of hydrogen-bond acceptors (Lipinski definition) is 4. The number of rotatable bonds is 6. The second kappa shape index (κ2) is 8.84. The number of hydrogen-bond donors (Lipinski definition) is 2. The SMILES string of the molecule is CCOC(=O)c1ccccc1NC(=O)CC(=O)Nc1ccc(Cl)cc1. The quantitative estimate of drug-likeness (QED) is 0.610. The number of nitrogens with one attached hydrogen (secondary N) is 2. The van der Waals surface area contributed by atoms with Crippen molar-refractivity contribution in [3.63, 3.8) is 0 Å². The molecule has 0 aliphatic heterocycles. The highest BCUT2D eigenvalue weighted by Gasteiger charge is 2.15. The number of ether oxygens (including phenoxy) is 1. The van der Waals surface area contributed by atoms with E-state index in [1.165, 1.54) is 0 Å². The lowest BCUT2D eigenvalue weighted by Crippen LogP contribution is -2.22. The van der Waals surface area contributed by atoms with Gasteiger partial charge >= 0.3 is 5.97 Å². The topological polar surface area (TPSA) is 84.5 Å². The summed E-state index contributed by atoms with van der Waals surface area (Å²) in [6.45, 7) is 1.92. The van der Waals surface area contributed by atoms with E-state index in [4.69, 9.17) is 16.3 Å². The molecule has 0 aliphatic rings. The Labute approximate surface area is 150 Å². The minimum Gasteiger partial charge on any atom is -0.462 e. The van der Waals surface area contributed by atoms with Crippen LogP contribution in [0.15, 0.2) is 48.5 Å². The number of amides is 2. The van der Waals surface area contributed by atoms with Gasteiger partial charge in [-0.1, -0.05) is 23.7 Å². The molecule has 0 atom stereocenters. The van der Waals surface area contributed by atoms with Crippen molar-refractivity contribution in [1.29, 1.82) is 0 Å². The molecule has 0 unspecified atom stereocenters. The number of esters is 1. The highest BCUT2D eigenvalue weighted by atomic mass is 35.5. The predicted octanol–water partition coefficient (Wildman–Crippen LogP) is 3.48. The van der Waals surface area contributed by atoms with Crippen molar-refractivity contribution in [2.24, 2.45) is 0 Å².